The predicted octanol–water partition coefficient (Wildman–Crippen LogP) is 2.27. The summed E-state index contributed by atoms with van der Waals surface area (Å²) in [5.41, 5.74) is 0. The number of carboxylic acid groups (broad SMARTS) is 1. The van der Waals surface area contributed by atoms with E-state index in [4.69, 9.17) is 5.11 Å². The van der Waals surface area contributed by atoms with Crippen LogP contribution in [-0.4, -0.2) is 23.7 Å². The molecule has 0 aliphatic rings. The van der Waals surface area contributed by atoms with Crippen LogP contribution < -0.4 is 5.32 Å². The Labute approximate surface area is 86.9 Å². The summed E-state index contributed by atoms with van der Waals surface area (Å²) in [7, 11) is 0. The molecule has 0 aliphatic carbocycles. The van der Waals surface area contributed by atoms with E-state index in [-0.39, 0.29) is 6.04 Å². The molecule has 3 nitrogen and oxygen atoms in total. The van der Waals surface area contributed by atoms with Gasteiger partial charge in [-0.3, -0.25) is 4.79 Å². The van der Waals surface area contributed by atoms with Crippen LogP contribution in [0.4, 0.5) is 0 Å². The molecule has 0 aromatic carbocycles. The molecule has 2 N–H and O–H groups in total. The monoisotopic (exact) mass is 201 g/mol. The highest BCUT2D eigenvalue weighted by atomic mass is 16.4. The van der Waals surface area contributed by atoms with Crippen LogP contribution >= 0.6 is 0 Å². The van der Waals surface area contributed by atoms with E-state index in [1.165, 1.54) is 12.8 Å². The first-order valence-electron chi connectivity index (χ1n) is 5.54. The van der Waals surface area contributed by atoms with Gasteiger partial charge in [-0.15, -0.1) is 0 Å². The first kappa shape index (κ1) is 13.4. The second kappa shape index (κ2) is 7.80. The van der Waals surface area contributed by atoms with Gasteiger partial charge in [0.15, 0.2) is 0 Å². The molecule has 3 heteroatoms. The third-order valence-electron chi connectivity index (χ3n) is 2.18. The number of unbranched alkanes of at least 4 members (excludes halogenated alkanes) is 2. The second-order valence-corrected chi connectivity index (χ2v) is 4.18. The molecule has 0 bridgehead atoms. The molecule has 0 saturated heterocycles. The van der Waals surface area contributed by atoms with Gasteiger partial charge >= 0.3 is 5.97 Å². The highest BCUT2D eigenvalue weighted by Crippen LogP contribution is 2.05. The van der Waals surface area contributed by atoms with Crippen LogP contribution in [-0.2, 0) is 4.79 Å². The topological polar surface area (TPSA) is 49.3 Å². The molecule has 0 spiro atoms. The van der Waals surface area contributed by atoms with Crippen molar-refractivity contribution in [1.29, 1.82) is 0 Å². The van der Waals surface area contributed by atoms with Gasteiger partial charge in [-0.1, -0.05) is 33.6 Å². The number of hydrogen-bond donors (Lipinski definition) is 2. The summed E-state index contributed by atoms with van der Waals surface area (Å²) in [4.78, 5) is 10.8. The van der Waals surface area contributed by atoms with Gasteiger partial charge < -0.3 is 10.4 Å². The smallest absolute Gasteiger partial charge is 0.320 e. The van der Waals surface area contributed by atoms with Crippen LogP contribution in [0.1, 0.15) is 46.5 Å². The number of carbonyl (C=O) groups is 1. The van der Waals surface area contributed by atoms with Crippen molar-refractivity contribution in [2.45, 2.75) is 52.5 Å². The summed E-state index contributed by atoms with van der Waals surface area (Å²) in [6.45, 7) is 7.05. The van der Waals surface area contributed by atoms with Crippen molar-refractivity contribution in [2.24, 2.45) is 5.92 Å². The van der Waals surface area contributed by atoms with Crippen LogP contribution in [0.3, 0.4) is 0 Å². The first-order chi connectivity index (χ1) is 6.57. The molecule has 0 aliphatic heterocycles. The highest BCUT2D eigenvalue weighted by molar-refractivity contribution is 5.73. The van der Waals surface area contributed by atoms with Crippen molar-refractivity contribution in [3.05, 3.63) is 0 Å². The minimum absolute atomic E-state index is 0.369. The molecule has 0 fully saturated rings. The predicted molar refractivity (Wildman–Crippen MR) is 58.4 cm³/mol. The average Bonchev–Trinajstić information content (AvgIpc) is 2.09. The van der Waals surface area contributed by atoms with Crippen LogP contribution in [0.15, 0.2) is 0 Å². The number of nitrogens with one attached hydrogen (secondary N) is 1. The third kappa shape index (κ3) is 6.89. The fourth-order valence-corrected chi connectivity index (χ4v) is 1.39. The van der Waals surface area contributed by atoms with Gasteiger partial charge in [-0.05, 0) is 25.3 Å². The number of carboxylic acids is 1. The van der Waals surface area contributed by atoms with Crippen LogP contribution in [0.2, 0.25) is 0 Å². The molecule has 1 atom stereocenters. The summed E-state index contributed by atoms with van der Waals surface area (Å²) in [5, 5.41) is 12.0. The summed E-state index contributed by atoms with van der Waals surface area (Å²) >= 11 is 0. The lowest BCUT2D eigenvalue weighted by atomic mass is 10.0. The van der Waals surface area contributed by atoms with Crippen molar-refractivity contribution < 1.29 is 9.90 Å². The Morgan fingerprint density at radius 3 is 2.43 bits per heavy atom. The highest BCUT2D eigenvalue weighted by Gasteiger charge is 2.17. The number of aliphatic carboxylic acids is 1. The molecule has 0 aromatic heterocycles. The van der Waals surface area contributed by atoms with E-state index in [2.05, 4.69) is 12.2 Å². The standard InChI is InChI=1S/C11H23NO2/c1-4-5-6-7-12-10(11(13)14)8-9(2)3/h9-10,12H,4-8H2,1-3H3,(H,13,14)/t10-/m0/s1. The Morgan fingerprint density at radius 2 is 2.00 bits per heavy atom. The fraction of sp³-hybridized carbons (Fsp3) is 0.909. The van der Waals surface area contributed by atoms with E-state index in [1.807, 2.05) is 13.8 Å². The molecule has 0 aromatic rings. The molecule has 0 radical (unpaired) electrons. The Kier molecular flexibility index (Phi) is 7.48. The minimum atomic E-state index is -0.727. The van der Waals surface area contributed by atoms with Crippen molar-refractivity contribution in [3.8, 4) is 0 Å². The fourth-order valence-electron chi connectivity index (χ4n) is 1.39. The zero-order valence-electron chi connectivity index (χ0n) is 9.55. The molecular weight excluding hydrogens is 178 g/mol. The molecule has 0 rings (SSSR count). The Balaban J connectivity index is 3.68. The summed E-state index contributed by atoms with van der Waals surface area (Å²) < 4.78 is 0. The largest absolute Gasteiger partial charge is 0.480 e. The molecule has 14 heavy (non-hydrogen) atoms. The molecule has 0 unspecified atom stereocenters. The van der Waals surface area contributed by atoms with E-state index in [0.717, 1.165) is 13.0 Å². The first-order valence-corrected chi connectivity index (χ1v) is 5.54. The lowest BCUT2D eigenvalue weighted by Crippen LogP contribution is -2.38. The van der Waals surface area contributed by atoms with Gasteiger partial charge in [-0.25, -0.2) is 0 Å². The van der Waals surface area contributed by atoms with Crippen LogP contribution in [0.5, 0.6) is 0 Å². The van der Waals surface area contributed by atoms with E-state index in [9.17, 15) is 4.79 Å². The van der Waals surface area contributed by atoms with Crippen LogP contribution in [0.25, 0.3) is 0 Å². The van der Waals surface area contributed by atoms with Gasteiger partial charge in [0.25, 0.3) is 0 Å². The van der Waals surface area contributed by atoms with Gasteiger partial charge in [0.2, 0.25) is 0 Å². The zero-order chi connectivity index (χ0) is 11.0. The van der Waals surface area contributed by atoms with E-state index < -0.39 is 5.97 Å². The average molecular weight is 201 g/mol. The van der Waals surface area contributed by atoms with Crippen molar-refractivity contribution in [2.75, 3.05) is 6.54 Å². The normalized spacial score (nSPS) is 13.1. The maximum absolute atomic E-state index is 10.8. The molecule has 0 saturated carbocycles. The Bertz CT molecular complexity index is 157. The van der Waals surface area contributed by atoms with Gasteiger partial charge in [0.1, 0.15) is 6.04 Å². The van der Waals surface area contributed by atoms with Crippen molar-refractivity contribution in [3.63, 3.8) is 0 Å². The number of rotatable bonds is 8. The van der Waals surface area contributed by atoms with Gasteiger partial charge in [-0.2, -0.15) is 0 Å². The molecule has 84 valence electrons. The van der Waals surface area contributed by atoms with E-state index in [1.54, 1.807) is 0 Å². The van der Waals surface area contributed by atoms with Gasteiger partial charge in [0.05, 0.1) is 0 Å². The number of hydrogen-bond acceptors (Lipinski definition) is 2. The third-order valence-corrected chi connectivity index (χ3v) is 2.18. The zero-order valence-corrected chi connectivity index (χ0v) is 9.55. The molecular formula is C11H23NO2. The Morgan fingerprint density at radius 1 is 1.36 bits per heavy atom. The van der Waals surface area contributed by atoms with Crippen molar-refractivity contribution >= 4 is 5.97 Å². The summed E-state index contributed by atoms with van der Waals surface area (Å²) in [5.74, 6) is -0.301. The van der Waals surface area contributed by atoms with Crippen molar-refractivity contribution in [1.82, 2.24) is 5.32 Å². The molecule has 0 amide bonds. The lowest BCUT2D eigenvalue weighted by Gasteiger charge is -2.16. The summed E-state index contributed by atoms with van der Waals surface area (Å²) in [6, 6.07) is -0.369. The lowest BCUT2D eigenvalue weighted by molar-refractivity contribution is -0.139. The minimum Gasteiger partial charge on any atom is -0.480 e. The maximum Gasteiger partial charge on any atom is 0.320 e. The maximum atomic E-state index is 10.8. The van der Waals surface area contributed by atoms with Gasteiger partial charge in [0, 0.05) is 0 Å². The van der Waals surface area contributed by atoms with Crippen LogP contribution in [0, 0.1) is 5.92 Å². The summed E-state index contributed by atoms with van der Waals surface area (Å²) in [6.07, 6.45) is 4.12. The second-order valence-electron chi connectivity index (χ2n) is 4.18. The SMILES string of the molecule is CCCCCN[C@@H](CC(C)C)C(=O)O. The van der Waals surface area contributed by atoms with E-state index in [0.29, 0.717) is 12.3 Å². The Hall–Kier alpha value is -0.570. The van der Waals surface area contributed by atoms with E-state index >= 15 is 0 Å². The molecule has 0 heterocycles. The quantitative estimate of drug-likeness (QED) is 0.592.